The lowest BCUT2D eigenvalue weighted by Crippen LogP contribution is -2.62. The minimum atomic E-state index is -1.95. The molecule has 0 unspecified atom stereocenters. The number of aliphatic hydroxyl groups excluding tert-OH is 3. The Morgan fingerprint density at radius 1 is 0.618 bits per heavy atom. The average Bonchev–Trinajstić information content (AvgIpc) is 1.64. The van der Waals surface area contributed by atoms with Crippen molar-refractivity contribution in [3.05, 3.63) is 35.9 Å². The SMILES string of the molecule is CC[C@H](C)[C@@H]1NC(=O)[C@@H](CCCN=C(N)N)NC(=O)[C@H](CC(C)C)NC(=O)[C@H]([C@H](O)C(C)C)NC(=O)[C@@H](CC(=O)[C@H](CC(C)C)NC(=O)[C@H](N)CC(C)C)[C@@H](c2ccccc2)NC(=O)[C@H](CO)NC(=O)[C@H](CC(N)=O)NC(=O)CNC(=O)[C@H]([C@@H](C)O)NC1=O. The highest BCUT2D eigenvalue weighted by molar-refractivity contribution is 6.00. The van der Waals surface area contributed by atoms with E-state index >= 15 is 4.79 Å². The van der Waals surface area contributed by atoms with E-state index in [1.54, 1.807) is 47.6 Å². The zero-order valence-corrected chi connectivity index (χ0v) is 53.1. The lowest BCUT2D eigenvalue weighted by molar-refractivity contribution is -0.139. The number of hydrogen-bond donors (Lipinski definition) is 17. The number of hydrogen-bond acceptors (Lipinski definition) is 17. The molecule has 0 aliphatic carbocycles. The molecule has 500 valence electrons. The second-order valence-electron chi connectivity index (χ2n) is 24.4. The molecular weight excluding hydrogens is 1160 g/mol. The molecule has 30 heteroatoms. The van der Waals surface area contributed by atoms with Gasteiger partial charge in [-0.1, -0.05) is 106 Å². The van der Waals surface area contributed by atoms with Crippen LogP contribution >= 0.6 is 0 Å². The van der Waals surface area contributed by atoms with Crippen LogP contribution in [-0.4, -0.2) is 178 Å². The van der Waals surface area contributed by atoms with Gasteiger partial charge in [-0.15, -0.1) is 0 Å². The fourth-order valence-electron chi connectivity index (χ4n) is 9.65. The molecule has 0 saturated carbocycles. The molecule has 11 amide bonds. The summed E-state index contributed by atoms with van der Waals surface area (Å²) < 4.78 is 0. The fourth-order valence-corrected chi connectivity index (χ4v) is 9.65. The second kappa shape index (κ2) is 37.9. The van der Waals surface area contributed by atoms with Gasteiger partial charge in [0.1, 0.15) is 42.3 Å². The molecule has 21 N–H and O–H groups in total. The zero-order valence-electron chi connectivity index (χ0n) is 53.1. The number of benzene rings is 1. The molecule has 1 aromatic carbocycles. The molecule has 0 radical (unpaired) electrons. The summed E-state index contributed by atoms with van der Waals surface area (Å²) in [6, 6.07) is -8.35. The third-order valence-corrected chi connectivity index (χ3v) is 14.8. The molecule has 0 bridgehead atoms. The highest BCUT2D eigenvalue weighted by Crippen LogP contribution is 2.28. The minimum absolute atomic E-state index is 0.0158. The van der Waals surface area contributed by atoms with Crippen LogP contribution in [0.5, 0.6) is 0 Å². The molecular formula is C59H99N15O15. The Kier molecular flexibility index (Phi) is 32.9. The van der Waals surface area contributed by atoms with Crippen LogP contribution in [0.1, 0.15) is 139 Å². The van der Waals surface area contributed by atoms with Gasteiger partial charge in [0.15, 0.2) is 11.7 Å². The van der Waals surface area contributed by atoms with Crippen molar-refractivity contribution in [2.45, 2.75) is 200 Å². The summed E-state index contributed by atoms with van der Waals surface area (Å²) in [6.45, 7) is 16.1. The number of nitrogens with zero attached hydrogens (tertiary/aromatic N) is 1. The summed E-state index contributed by atoms with van der Waals surface area (Å²) in [5, 5.41) is 58.3. The van der Waals surface area contributed by atoms with Crippen molar-refractivity contribution in [3.8, 4) is 0 Å². The number of guanidine groups is 1. The van der Waals surface area contributed by atoms with Gasteiger partial charge in [-0.3, -0.25) is 62.5 Å². The Morgan fingerprint density at radius 3 is 1.70 bits per heavy atom. The molecule has 0 aromatic heterocycles. The predicted molar refractivity (Wildman–Crippen MR) is 328 cm³/mol. The van der Waals surface area contributed by atoms with Crippen LogP contribution < -0.4 is 76.1 Å². The van der Waals surface area contributed by atoms with Gasteiger partial charge in [0.25, 0.3) is 0 Å². The number of rotatable bonds is 24. The van der Waals surface area contributed by atoms with Gasteiger partial charge in [-0.2, -0.15) is 0 Å². The molecule has 1 heterocycles. The summed E-state index contributed by atoms with van der Waals surface area (Å²) in [4.78, 5) is 174. The van der Waals surface area contributed by atoms with Gasteiger partial charge in [0.05, 0.1) is 55.8 Å². The Balaban J connectivity index is 3.10. The van der Waals surface area contributed by atoms with E-state index in [4.69, 9.17) is 22.9 Å². The molecule has 1 saturated heterocycles. The van der Waals surface area contributed by atoms with Crippen molar-refractivity contribution in [2.75, 3.05) is 19.7 Å². The van der Waals surface area contributed by atoms with E-state index in [9.17, 15) is 68.1 Å². The molecule has 1 aromatic rings. The maximum absolute atomic E-state index is 15.4. The van der Waals surface area contributed by atoms with E-state index in [0.29, 0.717) is 0 Å². The van der Waals surface area contributed by atoms with E-state index < -0.39 is 187 Å². The topological polar surface area (TPSA) is 502 Å². The summed E-state index contributed by atoms with van der Waals surface area (Å²) in [5.41, 5.74) is 23.0. The van der Waals surface area contributed by atoms with Crippen molar-refractivity contribution in [1.82, 2.24) is 53.2 Å². The quantitative estimate of drug-likeness (QED) is 0.0269. The lowest BCUT2D eigenvalue weighted by Gasteiger charge is -2.33. The number of nitrogens with two attached hydrogens (primary N) is 4. The van der Waals surface area contributed by atoms with Crippen LogP contribution in [-0.2, 0) is 57.5 Å². The van der Waals surface area contributed by atoms with Gasteiger partial charge < -0.3 is 91.4 Å². The maximum atomic E-state index is 15.4. The Labute approximate surface area is 520 Å². The van der Waals surface area contributed by atoms with Crippen molar-refractivity contribution in [1.29, 1.82) is 0 Å². The molecule has 1 aliphatic heterocycles. The third kappa shape index (κ3) is 26.4. The van der Waals surface area contributed by atoms with Gasteiger partial charge in [-0.05, 0) is 74.2 Å². The van der Waals surface area contributed by atoms with Gasteiger partial charge in [0.2, 0.25) is 65.0 Å². The molecule has 89 heavy (non-hydrogen) atoms. The number of Topliss-reactive ketones (excluding diaryl/α,β-unsaturated/α-hetero) is 1. The molecule has 2 rings (SSSR count). The molecule has 1 aliphatic rings. The van der Waals surface area contributed by atoms with Crippen molar-refractivity contribution < 1.29 is 72.9 Å². The lowest BCUT2D eigenvalue weighted by atomic mass is 9.84. The number of amides is 11. The summed E-state index contributed by atoms with van der Waals surface area (Å²) >= 11 is 0. The van der Waals surface area contributed by atoms with E-state index in [-0.39, 0.29) is 74.3 Å². The van der Waals surface area contributed by atoms with E-state index in [1.165, 1.54) is 38.1 Å². The summed E-state index contributed by atoms with van der Waals surface area (Å²) in [7, 11) is 0. The first kappa shape index (κ1) is 77.3. The Morgan fingerprint density at radius 2 is 1.16 bits per heavy atom. The van der Waals surface area contributed by atoms with Crippen LogP contribution in [0.3, 0.4) is 0 Å². The van der Waals surface area contributed by atoms with Crippen LogP contribution in [0.25, 0.3) is 0 Å². The first-order valence-corrected chi connectivity index (χ1v) is 30.3. The van der Waals surface area contributed by atoms with Gasteiger partial charge in [-0.25, -0.2) is 0 Å². The average molecular weight is 1260 g/mol. The third-order valence-electron chi connectivity index (χ3n) is 14.8. The second-order valence-corrected chi connectivity index (χ2v) is 24.4. The smallest absolute Gasteiger partial charge is 0.245 e. The normalized spacial score (nSPS) is 24.5. The molecule has 1 fully saturated rings. The number of nitrogens with one attached hydrogen (secondary N) is 10. The number of ketones is 1. The standard InChI is InChI=1S/C59H99N15O15/c1-12-32(10)45-57(88)72-46(33(11)76)56(87)65-26-44(79)66-40(25-43(61)78)54(85)70-41(27-75)55(86)73-47(34-17-14-13-15-18-34)35(24-42(77)38(22-29(4)5)68-51(82)36(60)21-28(2)3)50(81)74-48(49(80)31(8)9)58(89)69-39(23-30(6)7)53(84)67-37(52(83)71-45)19-16-20-64-59(62)63/h13-15,17-18,28-33,35-41,45-49,75-76,80H,12,16,19-27,60H2,1-11H3,(H2,61,78)(H,65,87)(H,66,79)(H,67,84)(H,68,82)(H,69,89)(H,70,85)(H,71,83)(H,72,88)(H,73,86)(H,74,81)(H4,62,63,64)/t32-,33+,35-,36+,37+,38-,39-,40-,41-,45-,46-,47+,48-,49+/m0/s1. The van der Waals surface area contributed by atoms with Gasteiger partial charge in [0, 0.05) is 13.0 Å². The van der Waals surface area contributed by atoms with Crippen LogP contribution in [0, 0.1) is 35.5 Å². The number of carbonyl (C=O) groups excluding carboxylic acids is 12. The number of carbonyl (C=O) groups is 12. The Hall–Kier alpha value is -7.83. The van der Waals surface area contributed by atoms with E-state index in [1.807, 2.05) is 13.8 Å². The van der Waals surface area contributed by atoms with E-state index in [0.717, 1.165) is 6.92 Å². The summed E-state index contributed by atoms with van der Waals surface area (Å²) in [6.07, 6.45) is -4.73. The number of aliphatic imine (C=N–C) groups is 1. The van der Waals surface area contributed by atoms with Crippen LogP contribution in [0.4, 0.5) is 0 Å². The first-order valence-electron chi connectivity index (χ1n) is 30.3. The summed E-state index contributed by atoms with van der Waals surface area (Å²) in [5.74, 6) is -16.5. The largest absolute Gasteiger partial charge is 0.394 e. The van der Waals surface area contributed by atoms with Crippen LogP contribution in [0.15, 0.2) is 35.3 Å². The monoisotopic (exact) mass is 1260 g/mol. The predicted octanol–water partition coefficient (Wildman–Crippen LogP) is -3.74. The van der Waals surface area contributed by atoms with Crippen molar-refractivity contribution in [2.24, 2.45) is 63.4 Å². The first-order chi connectivity index (χ1) is 41.6. The van der Waals surface area contributed by atoms with Crippen molar-refractivity contribution in [3.63, 3.8) is 0 Å². The zero-order chi connectivity index (χ0) is 67.6. The highest BCUT2D eigenvalue weighted by atomic mass is 16.3. The van der Waals surface area contributed by atoms with E-state index in [2.05, 4.69) is 58.2 Å². The number of primary amides is 1. The van der Waals surface area contributed by atoms with Crippen LogP contribution in [0.2, 0.25) is 0 Å². The maximum Gasteiger partial charge on any atom is 0.245 e. The highest BCUT2D eigenvalue weighted by Gasteiger charge is 2.42. The molecule has 30 nitrogen and oxygen atoms in total. The van der Waals surface area contributed by atoms with Crippen molar-refractivity contribution >= 4 is 76.7 Å². The fraction of sp³-hybridized carbons (Fsp3) is 0.678. The molecule has 0 spiro atoms. The molecule has 14 atom stereocenters. The minimum Gasteiger partial charge on any atom is -0.394 e. The van der Waals surface area contributed by atoms with Gasteiger partial charge >= 0.3 is 0 Å². The number of aliphatic hydroxyl groups is 3. The Bertz CT molecular complexity index is 2600.